The molecular weight excluding hydrogens is 368 g/mol. The van der Waals surface area contributed by atoms with E-state index >= 15 is 0 Å². The van der Waals surface area contributed by atoms with Crippen LogP contribution in [-0.4, -0.2) is 59.5 Å². The fourth-order valence-electron chi connectivity index (χ4n) is 6.04. The molecule has 7 nitrogen and oxygen atoms in total. The molecule has 1 saturated carbocycles. The number of aliphatic imine (C=N–C) groups is 1. The number of amidine groups is 1. The highest BCUT2D eigenvalue weighted by molar-refractivity contribution is 6.02. The van der Waals surface area contributed by atoms with Crippen molar-refractivity contribution in [2.75, 3.05) is 27.3 Å². The number of hydrogen-bond acceptors (Lipinski definition) is 4. The molecule has 0 aromatic carbocycles. The van der Waals surface area contributed by atoms with Crippen LogP contribution in [0.25, 0.3) is 0 Å². The number of nitrogens with zero attached hydrogens (tertiary/aromatic N) is 4. The first-order valence-electron chi connectivity index (χ1n) is 10.6. The quantitative estimate of drug-likeness (QED) is 0.534. The van der Waals surface area contributed by atoms with Crippen LogP contribution in [0.4, 0.5) is 0 Å². The molecule has 2 heterocycles. The number of amides is 1. The van der Waals surface area contributed by atoms with Gasteiger partial charge in [-0.3, -0.25) is 9.48 Å². The fraction of sp³-hybridized carbons (Fsp3) is 0.773. The summed E-state index contributed by atoms with van der Waals surface area (Å²) in [5.74, 6) is 0.374. The number of rotatable bonds is 1. The van der Waals surface area contributed by atoms with Gasteiger partial charge in [0, 0.05) is 44.0 Å². The lowest BCUT2D eigenvalue weighted by Crippen LogP contribution is -2.61. The molecule has 0 unspecified atom stereocenters. The van der Waals surface area contributed by atoms with Gasteiger partial charge in [0.2, 0.25) is 0 Å². The van der Waals surface area contributed by atoms with Gasteiger partial charge in [-0.1, -0.05) is 20.8 Å². The third kappa shape index (κ3) is 2.81. The van der Waals surface area contributed by atoms with Gasteiger partial charge < -0.3 is 14.4 Å². The van der Waals surface area contributed by atoms with E-state index in [1.165, 1.54) is 0 Å². The number of aromatic nitrogens is 2. The maximum atomic E-state index is 13.0. The number of carbonyl (C=O) groups is 1. The molecule has 3 aliphatic rings. The predicted molar refractivity (Wildman–Crippen MR) is 111 cm³/mol. The average Bonchev–Trinajstić information content (AvgIpc) is 3.24. The molecule has 29 heavy (non-hydrogen) atoms. The summed E-state index contributed by atoms with van der Waals surface area (Å²) in [4.78, 5) is 19.1. The van der Waals surface area contributed by atoms with Crippen molar-refractivity contribution in [3.63, 3.8) is 0 Å². The molecule has 4 rings (SSSR count). The second-order valence-electron chi connectivity index (χ2n) is 9.84. The monoisotopic (exact) mass is 402 g/mol. The van der Waals surface area contributed by atoms with Gasteiger partial charge in [0.15, 0.2) is 5.79 Å². The molecule has 1 aromatic rings. The van der Waals surface area contributed by atoms with Crippen molar-refractivity contribution < 1.29 is 14.3 Å². The van der Waals surface area contributed by atoms with Crippen molar-refractivity contribution in [1.82, 2.24) is 14.7 Å². The van der Waals surface area contributed by atoms with E-state index in [2.05, 4.69) is 25.8 Å². The molecule has 7 heteroatoms. The van der Waals surface area contributed by atoms with Crippen LogP contribution < -0.4 is 0 Å². The van der Waals surface area contributed by atoms with E-state index in [1.807, 2.05) is 33.0 Å². The van der Waals surface area contributed by atoms with Gasteiger partial charge in [-0.05, 0) is 32.1 Å². The SMILES string of the molecule is C/C(=N\C(=O)c1c2c(nn1C)[C@@]1(C)CCC3(OCCO3)C(C)(C)[C@@H]1CC2)N(C)C. The number of aryl methyl sites for hydroxylation is 1. The van der Waals surface area contributed by atoms with Gasteiger partial charge in [-0.25, -0.2) is 0 Å². The van der Waals surface area contributed by atoms with E-state index in [0.29, 0.717) is 30.7 Å². The van der Waals surface area contributed by atoms with Crippen molar-refractivity contribution in [3.05, 3.63) is 17.0 Å². The number of carbonyl (C=O) groups excluding carboxylic acids is 1. The molecule has 0 N–H and O–H groups in total. The van der Waals surface area contributed by atoms with Crippen LogP contribution in [0.2, 0.25) is 0 Å². The highest BCUT2D eigenvalue weighted by Crippen LogP contribution is 2.62. The molecule has 1 spiro atoms. The van der Waals surface area contributed by atoms with Gasteiger partial charge in [-0.2, -0.15) is 10.1 Å². The zero-order chi connectivity index (χ0) is 21.2. The van der Waals surface area contributed by atoms with E-state index < -0.39 is 5.79 Å². The van der Waals surface area contributed by atoms with E-state index in [4.69, 9.17) is 14.6 Å². The first kappa shape index (κ1) is 20.5. The Morgan fingerprint density at radius 3 is 2.48 bits per heavy atom. The van der Waals surface area contributed by atoms with Gasteiger partial charge >= 0.3 is 0 Å². The van der Waals surface area contributed by atoms with Crippen LogP contribution in [0.15, 0.2) is 4.99 Å². The summed E-state index contributed by atoms with van der Waals surface area (Å²) in [5.41, 5.74) is 2.54. The second kappa shape index (κ2) is 6.64. The molecular formula is C22H34N4O3. The number of hydrogen-bond donors (Lipinski definition) is 0. The van der Waals surface area contributed by atoms with E-state index in [0.717, 1.165) is 36.9 Å². The minimum absolute atomic E-state index is 0.103. The standard InChI is InChI=1S/C22H34N4O3/c1-14(25(5)6)23-19(27)17-15-8-9-16-20(2,3)22(28-12-13-29-22)11-10-21(16,4)18(15)24-26(17)7/h16H,8-13H2,1-7H3/b23-14+/t16-,21-/m0/s1. The summed E-state index contributed by atoms with van der Waals surface area (Å²) in [6, 6.07) is 0. The van der Waals surface area contributed by atoms with Gasteiger partial charge in [0.05, 0.1) is 18.9 Å². The molecule has 2 atom stereocenters. The lowest BCUT2D eigenvalue weighted by atomic mass is 9.49. The molecule has 1 aromatic heterocycles. The molecule has 0 radical (unpaired) electrons. The molecule has 1 saturated heterocycles. The normalized spacial score (nSPS) is 30.2. The Morgan fingerprint density at radius 2 is 1.86 bits per heavy atom. The number of fused-ring (bicyclic) bond motifs is 3. The topological polar surface area (TPSA) is 69.0 Å². The number of ether oxygens (including phenoxy) is 2. The Bertz CT molecular complexity index is 864. The molecule has 1 aliphatic heterocycles. The van der Waals surface area contributed by atoms with Crippen molar-refractivity contribution in [3.8, 4) is 0 Å². The van der Waals surface area contributed by atoms with Gasteiger partial charge in [-0.15, -0.1) is 0 Å². The maximum Gasteiger partial charge on any atom is 0.297 e. The van der Waals surface area contributed by atoms with Gasteiger partial charge in [0.1, 0.15) is 11.5 Å². The van der Waals surface area contributed by atoms with E-state index in [9.17, 15) is 4.79 Å². The largest absolute Gasteiger partial charge is 0.366 e. The van der Waals surface area contributed by atoms with Crippen LogP contribution in [0.5, 0.6) is 0 Å². The molecule has 1 amide bonds. The van der Waals surface area contributed by atoms with Crippen LogP contribution in [0.3, 0.4) is 0 Å². The van der Waals surface area contributed by atoms with E-state index in [1.54, 1.807) is 4.68 Å². The minimum Gasteiger partial charge on any atom is -0.366 e. The van der Waals surface area contributed by atoms with Crippen molar-refractivity contribution in [2.24, 2.45) is 23.4 Å². The van der Waals surface area contributed by atoms with Crippen molar-refractivity contribution in [1.29, 1.82) is 0 Å². The van der Waals surface area contributed by atoms with Crippen LogP contribution >= 0.6 is 0 Å². The smallest absolute Gasteiger partial charge is 0.297 e. The molecule has 2 aliphatic carbocycles. The third-order valence-electron chi connectivity index (χ3n) is 7.83. The Hall–Kier alpha value is -1.73. The highest BCUT2D eigenvalue weighted by Gasteiger charge is 2.64. The van der Waals surface area contributed by atoms with Crippen LogP contribution in [0, 0.1) is 11.3 Å². The van der Waals surface area contributed by atoms with Crippen LogP contribution in [-0.2, 0) is 28.4 Å². The zero-order valence-electron chi connectivity index (χ0n) is 18.8. The van der Waals surface area contributed by atoms with Crippen LogP contribution in [0.1, 0.15) is 68.7 Å². The summed E-state index contributed by atoms with van der Waals surface area (Å²) in [6.07, 6.45) is 3.62. The Kier molecular flexibility index (Phi) is 4.70. The average molecular weight is 403 g/mol. The molecule has 160 valence electrons. The first-order valence-corrected chi connectivity index (χ1v) is 10.6. The zero-order valence-corrected chi connectivity index (χ0v) is 18.8. The Morgan fingerprint density at radius 1 is 1.21 bits per heavy atom. The predicted octanol–water partition coefficient (Wildman–Crippen LogP) is 2.92. The van der Waals surface area contributed by atoms with Crippen molar-refractivity contribution in [2.45, 2.75) is 64.6 Å². The lowest BCUT2D eigenvalue weighted by Gasteiger charge is -2.59. The maximum absolute atomic E-state index is 13.0. The summed E-state index contributed by atoms with van der Waals surface area (Å²) >= 11 is 0. The van der Waals surface area contributed by atoms with Gasteiger partial charge in [0.25, 0.3) is 5.91 Å². The summed E-state index contributed by atoms with van der Waals surface area (Å²) in [5, 5.41) is 4.89. The Balaban J connectivity index is 1.75. The summed E-state index contributed by atoms with van der Waals surface area (Å²) < 4.78 is 14.1. The third-order valence-corrected chi connectivity index (χ3v) is 7.83. The second-order valence-corrected chi connectivity index (χ2v) is 9.84. The molecule has 2 fully saturated rings. The molecule has 0 bridgehead atoms. The fourth-order valence-corrected chi connectivity index (χ4v) is 6.04. The van der Waals surface area contributed by atoms with Crippen molar-refractivity contribution >= 4 is 11.7 Å². The first-order chi connectivity index (χ1) is 13.5. The lowest BCUT2D eigenvalue weighted by molar-refractivity contribution is -0.276. The summed E-state index contributed by atoms with van der Waals surface area (Å²) in [6.45, 7) is 10.1. The minimum atomic E-state index is -0.491. The Labute approximate surface area is 173 Å². The van der Waals surface area contributed by atoms with E-state index in [-0.39, 0.29) is 16.7 Å². The highest BCUT2D eigenvalue weighted by atomic mass is 16.7. The summed E-state index contributed by atoms with van der Waals surface area (Å²) in [7, 11) is 5.65.